The Kier molecular flexibility index (Phi) is 4.47. The Morgan fingerprint density at radius 1 is 1.07 bits per heavy atom. The number of allylic oxidation sites excluding steroid dienone is 3. The van der Waals surface area contributed by atoms with E-state index in [0.717, 1.165) is 5.56 Å². The minimum Gasteiger partial charge on any atom is -0.444 e. The van der Waals surface area contributed by atoms with Gasteiger partial charge in [-0.25, -0.2) is 0 Å². The highest BCUT2D eigenvalue weighted by Gasteiger charge is 2.41. The van der Waals surface area contributed by atoms with Gasteiger partial charge in [-0.05, 0) is 23.1 Å². The summed E-state index contributed by atoms with van der Waals surface area (Å²) in [4.78, 5) is 13.1. The number of hydrogen-bond acceptors (Lipinski definition) is 4. The molecule has 2 N–H and O–H groups in total. The van der Waals surface area contributed by atoms with Gasteiger partial charge in [-0.1, -0.05) is 60.1 Å². The van der Waals surface area contributed by atoms with Gasteiger partial charge >= 0.3 is 0 Å². The van der Waals surface area contributed by atoms with Crippen LogP contribution in [0.3, 0.4) is 0 Å². The Balaban J connectivity index is 1.82. The van der Waals surface area contributed by atoms with E-state index in [1.54, 1.807) is 6.07 Å². The van der Waals surface area contributed by atoms with Crippen LogP contribution in [0.4, 0.5) is 0 Å². The topological polar surface area (TPSA) is 76.1 Å². The molecule has 4 nitrogen and oxygen atoms in total. The third-order valence-electron chi connectivity index (χ3n) is 5.15. The number of hydrogen-bond donors (Lipinski definition) is 1. The lowest BCUT2D eigenvalue weighted by atomic mass is 9.73. The van der Waals surface area contributed by atoms with Crippen LogP contribution in [0.1, 0.15) is 35.8 Å². The summed E-state index contributed by atoms with van der Waals surface area (Å²) in [6.07, 6.45) is 0.928. The van der Waals surface area contributed by atoms with Crippen LogP contribution in [-0.2, 0) is 9.53 Å². The van der Waals surface area contributed by atoms with Crippen LogP contribution < -0.4 is 5.73 Å². The van der Waals surface area contributed by atoms with Crippen molar-refractivity contribution in [3.63, 3.8) is 0 Å². The summed E-state index contributed by atoms with van der Waals surface area (Å²) in [7, 11) is 0. The quantitative estimate of drug-likeness (QED) is 0.834. The lowest BCUT2D eigenvalue weighted by Crippen LogP contribution is -2.30. The number of carbonyl (C=O) groups excluding carboxylic acids is 1. The van der Waals surface area contributed by atoms with Gasteiger partial charge in [-0.3, -0.25) is 4.79 Å². The number of rotatable bonds is 2. The molecule has 1 heterocycles. The summed E-state index contributed by atoms with van der Waals surface area (Å²) in [5.41, 5.74) is 8.56. The van der Waals surface area contributed by atoms with E-state index >= 15 is 0 Å². The molecule has 0 aromatic heterocycles. The highest BCUT2D eigenvalue weighted by atomic mass is 35.5. The first-order valence-electron chi connectivity index (χ1n) is 8.73. The molecule has 134 valence electrons. The van der Waals surface area contributed by atoms with Crippen molar-refractivity contribution in [1.82, 2.24) is 0 Å². The van der Waals surface area contributed by atoms with Crippen LogP contribution in [0.15, 0.2) is 77.4 Å². The van der Waals surface area contributed by atoms with E-state index in [4.69, 9.17) is 22.1 Å². The number of halogens is 1. The van der Waals surface area contributed by atoms with Crippen molar-refractivity contribution in [2.24, 2.45) is 5.73 Å². The number of carbonyl (C=O) groups is 1. The predicted molar refractivity (Wildman–Crippen MR) is 103 cm³/mol. The van der Waals surface area contributed by atoms with Crippen LogP contribution in [-0.4, -0.2) is 5.78 Å². The third kappa shape index (κ3) is 3.01. The molecule has 0 fully saturated rings. The maximum Gasteiger partial charge on any atom is 0.205 e. The molecule has 0 amide bonds. The Morgan fingerprint density at radius 2 is 1.78 bits per heavy atom. The molecule has 2 atom stereocenters. The van der Waals surface area contributed by atoms with E-state index in [0.29, 0.717) is 34.8 Å². The van der Waals surface area contributed by atoms with Crippen molar-refractivity contribution >= 4 is 17.4 Å². The molecular formula is C22H17ClN2O2. The van der Waals surface area contributed by atoms with Crippen LogP contribution in [0.2, 0.25) is 5.02 Å². The standard InChI is InChI=1S/C22H17ClN2O2/c23-17-9-5-4-8-15(17)20-16(12-24)22(25)27-19-11-14(10-18(26)21(19)20)13-6-2-1-3-7-13/h1-9,14,20H,10-11,25H2/t14-,20-/m0/s1. The first-order chi connectivity index (χ1) is 13.1. The molecule has 4 rings (SSSR count). The highest BCUT2D eigenvalue weighted by molar-refractivity contribution is 6.31. The molecule has 0 spiro atoms. The monoisotopic (exact) mass is 376 g/mol. The average molecular weight is 377 g/mol. The minimum atomic E-state index is -0.586. The smallest absolute Gasteiger partial charge is 0.205 e. The van der Waals surface area contributed by atoms with Gasteiger partial charge in [0.2, 0.25) is 5.88 Å². The van der Waals surface area contributed by atoms with Crippen molar-refractivity contribution in [3.05, 3.63) is 93.5 Å². The van der Waals surface area contributed by atoms with E-state index in [-0.39, 0.29) is 23.2 Å². The molecule has 0 unspecified atom stereocenters. The lowest BCUT2D eigenvalue weighted by molar-refractivity contribution is -0.117. The van der Waals surface area contributed by atoms with Crippen LogP contribution in [0, 0.1) is 11.3 Å². The van der Waals surface area contributed by atoms with Gasteiger partial charge in [0.05, 0.1) is 5.92 Å². The van der Waals surface area contributed by atoms with Crippen LogP contribution in [0.5, 0.6) is 0 Å². The summed E-state index contributed by atoms with van der Waals surface area (Å²) < 4.78 is 5.76. The molecule has 0 bridgehead atoms. The fraction of sp³-hybridized carbons (Fsp3) is 0.182. The molecule has 0 saturated heterocycles. The van der Waals surface area contributed by atoms with E-state index in [1.807, 2.05) is 48.5 Å². The normalized spacial score (nSPS) is 22.1. The Morgan fingerprint density at radius 3 is 2.48 bits per heavy atom. The van der Waals surface area contributed by atoms with Gasteiger partial charge in [-0.2, -0.15) is 5.26 Å². The summed E-state index contributed by atoms with van der Waals surface area (Å²) in [5, 5.41) is 10.1. The molecule has 2 aromatic carbocycles. The first-order valence-corrected chi connectivity index (χ1v) is 9.11. The van der Waals surface area contributed by atoms with E-state index in [1.165, 1.54) is 0 Å². The lowest BCUT2D eigenvalue weighted by Gasteiger charge is -2.34. The zero-order chi connectivity index (χ0) is 19.0. The molecule has 27 heavy (non-hydrogen) atoms. The molecule has 5 heteroatoms. The molecule has 2 aromatic rings. The van der Waals surface area contributed by atoms with Gasteiger partial charge in [0.25, 0.3) is 0 Å². The SMILES string of the molecule is N#CC1=C(N)OC2=C(C(=O)C[C@H](c3ccccc3)C2)[C@H]1c1ccccc1Cl. The molecule has 1 aliphatic heterocycles. The summed E-state index contributed by atoms with van der Waals surface area (Å²) in [6.45, 7) is 0. The second-order valence-corrected chi connectivity index (χ2v) is 7.13. The number of nitriles is 1. The Hall–Kier alpha value is -3.03. The van der Waals surface area contributed by atoms with Gasteiger partial charge in [0.1, 0.15) is 17.4 Å². The van der Waals surface area contributed by atoms with Gasteiger partial charge < -0.3 is 10.5 Å². The molecule has 0 saturated carbocycles. The van der Waals surface area contributed by atoms with Crippen molar-refractivity contribution in [1.29, 1.82) is 5.26 Å². The number of nitrogens with zero attached hydrogens (tertiary/aromatic N) is 1. The number of benzene rings is 2. The van der Waals surface area contributed by atoms with Crippen molar-refractivity contribution in [2.45, 2.75) is 24.7 Å². The van der Waals surface area contributed by atoms with Crippen LogP contribution in [0.25, 0.3) is 0 Å². The summed E-state index contributed by atoms with van der Waals surface area (Å²) in [6, 6.07) is 19.2. The second kappa shape index (κ2) is 6.94. The molecule has 1 aliphatic carbocycles. The van der Waals surface area contributed by atoms with Crippen LogP contribution >= 0.6 is 11.6 Å². The highest BCUT2D eigenvalue weighted by Crippen LogP contribution is 2.47. The maximum atomic E-state index is 13.1. The van der Waals surface area contributed by atoms with Gasteiger partial charge in [0.15, 0.2) is 5.78 Å². The van der Waals surface area contributed by atoms with Gasteiger partial charge in [0, 0.05) is 23.4 Å². The van der Waals surface area contributed by atoms with E-state index < -0.39 is 5.92 Å². The Bertz CT molecular complexity index is 1020. The second-order valence-electron chi connectivity index (χ2n) is 6.72. The number of Topliss-reactive ketones (excluding diaryl/α,β-unsaturated/α-hetero) is 1. The van der Waals surface area contributed by atoms with E-state index in [9.17, 15) is 10.1 Å². The number of ketones is 1. The molecule has 0 radical (unpaired) electrons. The largest absolute Gasteiger partial charge is 0.444 e. The minimum absolute atomic E-state index is 0.0285. The summed E-state index contributed by atoms with van der Waals surface area (Å²) in [5.74, 6) is -0.00284. The predicted octanol–water partition coefficient (Wildman–Crippen LogP) is 4.55. The van der Waals surface area contributed by atoms with E-state index in [2.05, 4.69) is 6.07 Å². The summed E-state index contributed by atoms with van der Waals surface area (Å²) >= 11 is 6.38. The fourth-order valence-corrected chi connectivity index (χ4v) is 4.13. The van der Waals surface area contributed by atoms with Crippen molar-refractivity contribution < 1.29 is 9.53 Å². The zero-order valence-electron chi connectivity index (χ0n) is 14.5. The first kappa shape index (κ1) is 17.4. The number of ether oxygens (including phenoxy) is 1. The molecular weight excluding hydrogens is 360 g/mol. The zero-order valence-corrected chi connectivity index (χ0v) is 15.2. The average Bonchev–Trinajstić information content (AvgIpc) is 2.68. The van der Waals surface area contributed by atoms with Crippen molar-refractivity contribution in [3.8, 4) is 6.07 Å². The number of nitrogens with two attached hydrogens (primary N) is 1. The van der Waals surface area contributed by atoms with Crippen molar-refractivity contribution in [2.75, 3.05) is 0 Å². The molecule has 2 aliphatic rings. The van der Waals surface area contributed by atoms with Gasteiger partial charge in [-0.15, -0.1) is 0 Å². The third-order valence-corrected chi connectivity index (χ3v) is 5.49. The Labute approximate surface area is 162 Å². The maximum absolute atomic E-state index is 13.1. The fourth-order valence-electron chi connectivity index (χ4n) is 3.89.